The molecule has 4 heteroatoms. The number of ether oxygens (including phenoxy) is 2. The Morgan fingerprint density at radius 2 is 1.87 bits per heavy atom. The van der Waals surface area contributed by atoms with E-state index in [1.54, 1.807) is 0 Å². The summed E-state index contributed by atoms with van der Waals surface area (Å²) in [7, 11) is 0. The van der Waals surface area contributed by atoms with Crippen molar-refractivity contribution in [2.24, 2.45) is 0 Å². The lowest BCUT2D eigenvalue weighted by molar-refractivity contribution is 0.0374. The van der Waals surface area contributed by atoms with Gasteiger partial charge in [-0.1, -0.05) is 6.07 Å². The Morgan fingerprint density at radius 1 is 1.13 bits per heavy atom. The second-order valence-corrected chi connectivity index (χ2v) is 5.95. The van der Waals surface area contributed by atoms with E-state index in [1.807, 2.05) is 0 Å². The highest BCUT2D eigenvalue weighted by Crippen LogP contribution is 2.27. The van der Waals surface area contributed by atoms with Crippen molar-refractivity contribution in [2.45, 2.75) is 33.6 Å². The lowest BCUT2D eigenvalue weighted by Crippen LogP contribution is -2.36. The van der Waals surface area contributed by atoms with E-state index in [0.717, 1.165) is 64.7 Å². The highest BCUT2D eigenvalue weighted by Gasteiger charge is 2.12. The first-order valence-corrected chi connectivity index (χ1v) is 9.09. The molecule has 4 nitrogen and oxygen atoms in total. The summed E-state index contributed by atoms with van der Waals surface area (Å²) in [6, 6.07) is 6.69. The summed E-state index contributed by atoms with van der Waals surface area (Å²) in [6.07, 6.45) is 2.25. The molecule has 0 aromatic heterocycles. The van der Waals surface area contributed by atoms with Gasteiger partial charge >= 0.3 is 0 Å². The molecule has 0 radical (unpaired) electrons. The third kappa shape index (κ3) is 5.40. The van der Waals surface area contributed by atoms with Crippen LogP contribution in [0.5, 0.6) is 5.75 Å². The van der Waals surface area contributed by atoms with E-state index in [1.165, 1.54) is 17.7 Å². The molecule has 0 aliphatic carbocycles. The average Bonchev–Trinajstić information content (AvgIpc) is 2.59. The Balaban J connectivity index is 1.96. The maximum absolute atomic E-state index is 5.90. The molecule has 1 heterocycles. The molecule has 130 valence electrons. The third-order valence-corrected chi connectivity index (χ3v) is 4.50. The fraction of sp³-hybridized carbons (Fsp3) is 0.684. The van der Waals surface area contributed by atoms with E-state index >= 15 is 0 Å². The quantitative estimate of drug-likeness (QED) is 0.697. The SMILES string of the molecule is CCOc1cc(N(CC)CC)ccc1CCCN1CCOCC1. The molecule has 1 aromatic carbocycles. The van der Waals surface area contributed by atoms with Gasteiger partial charge in [0.1, 0.15) is 5.75 Å². The van der Waals surface area contributed by atoms with Gasteiger partial charge in [-0.3, -0.25) is 4.90 Å². The van der Waals surface area contributed by atoms with Crippen LogP contribution in [0.4, 0.5) is 5.69 Å². The smallest absolute Gasteiger partial charge is 0.124 e. The van der Waals surface area contributed by atoms with Gasteiger partial charge in [-0.25, -0.2) is 0 Å². The van der Waals surface area contributed by atoms with Gasteiger partial charge in [-0.2, -0.15) is 0 Å². The molecule has 1 aromatic rings. The minimum absolute atomic E-state index is 0.720. The molecule has 1 aliphatic heterocycles. The van der Waals surface area contributed by atoms with Gasteiger partial charge in [0.05, 0.1) is 19.8 Å². The number of hydrogen-bond donors (Lipinski definition) is 0. The molecule has 1 fully saturated rings. The van der Waals surface area contributed by atoms with Crippen molar-refractivity contribution in [1.29, 1.82) is 0 Å². The fourth-order valence-corrected chi connectivity index (χ4v) is 3.14. The van der Waals surface area contributed by atoms with Crippen LogP contribution in [0.3, 0.4) is 0 Å². The highest BCUT2D eigenvalue weighted by atomic mass is 16.5. The first-order valence-electron chi connectivity index (χ1n) is 9.09. The zero-order valence-corrected chi connectivity index (χ0v) is 15.0. The number of hydrogen-bond acceptors (Lipinski definition) is 4. The van der Waals surface area contributed by atoms with Gasteiger partial charge in [-0.15, -0.1) is 0 Å². The Hall–Kier alpha value is -1.26. The first kappa shape index (κ1) is 18.1. The lowest BCUT2D eigenvalue weighted by Gasteiger charge is -2.26. The van der Waals surface area contributed by atoms with Crippen LogP contribution >= 0.6 is 0 Å². The van der Waals surface area contributed by atoms with Crippen molar-refractivity contribution in [1.82, 2.24) is 4.90 Å². The topological polar surface area (TPSA) is 24.9 Å². The van der Waals surface area contributed by atoms with Gasteiger partial charge in [0.25, 0.3) is 0 Å². The molecule has 0 atom stereocenters. The Morgan fingerprint density at radius 3 is 2.52 bits per heavy atom. The molecule has 0 N–H and O–H groups in total. The van der Waals surface area contributed by atoms with Crippen LogP contribution in [0, 0.1) is 0 Å². The zero-order chi connectivity index (χ0) is 16.5. The van der Waals surface area contributed by atoms with E-state index in [4.69, 9.17) is 9.47 Å². The standard InChI is InChI=1S/C19H32N2O2/c1-4-21(5-2)18-10-9-17(19(16-18)23-6-3)8-7-11-20-12-14-22-15-13-20/h9-10,16H,4-8,11-15H2,1-3H3. The van der Waals surface area contributed by atoms with E-state index < -0.39 is 0 Å². The van der Waals surface area contributed by atoms with E-state index in [9.17, 15) is 0 Å². The Labute approximate surface area is 141 Å². The molecular weight excluding hydrogens is 288 g/mol. The highest BCUT2D eigenvalue weighted by molar-refractivity contribution is 5.53. The molecule has 2 rings (SSSR count). The maximum atomic E-state index is 5.90. The monoisotopic (exact) mass is 320 g/mol. The van der Waals surface area contributed by atoms with E-state index in [-0.39, 0.29) is 0 Å². The second kappa shape index (κ2) is 9.78. The van der Waals surface area contributed by atoms with Crippen molar-refractivity contribution in [3.05, 3.63) is 23.8 Å². The Bertz CT molecular complexity index is 455. The van der Waals surface area contributed by atoms with Crippen molar-refractivity contribution in [3.8, 4) is 5.75 Å². The summed E-state index contributed by atoms with van der Waals surface area (Å²) >= 11 is 0. The third-order valence-electron chi connectivity index (χ3n) is 4.50. The summed E-state index contributed by atoms with van der Waals surface area (Å²) < 4.78 is 11.3. The molecule has 1 aliphatic rings. The predicted octanol–water partition coefficient (Wildman–Crippen LogP) is 3.20. The van der Waals surface area contributed by atoms with Gasteiger partial charge in [0.15, 0.2) is 0 Å². The number of anilines is 1. The number of aryl methyl sites for hydroxylation is 1. The molecule has 1 saturated heterocycles. The van der Waals surface area contributed by atoms with Crippen LogP contribution in [-0.4, -0.2) is 57.4 Å². The minimum atomic E-state index is 0.720. The summed E-state index contributed by atoms with van der Waals surface area (Å²) in [6.45, 7) is 14.3. The largest absolute Gasteiger partial charge is 0.494 e. The lowest BCUT2D eigenvalue weighted by atomic mass is 10.1. The molecular formula is C19H32N2O2. The predicted molar refractivity (Wildman–Crippen MR) is 96.8 cm³/mol. The summed E-state index contributed by atoms with van der Waals surface area (Å²) in [5.74, 6) is 1.05. The van der Waals surface area contributed by atoms with Crippen LogP contribution in [0.2, 0.25) is 0 Å². The molecule has 0 amide bonds. The van der Waals surface area contributed by atoms with Crippen molar-refractivity contribution in [2.75, 3.05) is 57.4 Å². The van der Waals surface area contributed by atoms with Crippen LogP contribution in [0.15, 0.2) is 18.2 Å². The van der Waals surface area contributed by atoms with Gasteiger partial charge < -0.3 is 14.4 Å². The average molecular weight is 320 g/mol. The Kier molecular flexibility index (Phi) is 7.69. The first-order chi connectivity index (χ1) is 11.3. The van der Waals surface area contributed by atoms with Crippen molar-refractivity contribution in [3.63, 3.8) is 0 Å². The molecule has 23 heavy (non-hydrogen) atoms. The summed E-state index contributed by atoms with van der Waals surface area (Å²) in [5, 5.41) is 0. The zero-order valence-electron chi connectivity index (χ0n) is 15.0. The van der Waals surface area contributed by atoms with E-state index in [0.29, 0.717) is 0 Å². The van der Waals surface area contributed by atoms with Gasteiger partial charge in [0.2, 0.25) is 0 Å². The summed E-state index contributed by atoms with van der Waals surface area (Å²) in [5.41, 5.74) is 2.59. The van der Waals surface area contributed by atoms with E-state index in [2.05, 4.69) is 48.8 Å². The molecule has 0 spiro atoms. The van der Waals surface area contributed by atoms with Crippen LogP contribution < -0.4 is 9.64 Å². The molecule has 0 unspecified atom stereocenters. The van der Waals surface area contributed by atoms with Gasteiger partial charge in [0, 0.05) is 37.9 Å². The minimum Gasteiger partial charge on any atom is -0.494 e. The number of nitrogens with zero attached hydrogens (tertiary/aromatic N) is 2. The number of benzene rings is 1. The van der Waals surface area contributed by atoms with Crippen LogP contribution in [-0.2, 0) is 11.2 Å². The van der Waals surface area contributed by atoms with Crippen LogP contribution in [0.25, 0.3) is 0 Å². The van der Waals surface area contributed by atoms with Crippen molar-refractivity contribution < 1.29 is 9.47 Å². The number of rotatable bonds is 9. The van der Waals surface area contributed by atoms with Crippen molar-refractivity contribution >= 4 is 5.69 Å². The summed E-state index contributed by atoms with van der Waals surface area (Å²) in [4.78, 5) is 4.86. The number of morpholine rings is 1. The fourth-order valence-electron chi connectivity index (χ4n) is 3.14. The van der Waals surface area contributed by atoms with Gasteiger partial charge in [-0.05, 0) is 51.8 Å². The molecule has 0 saturated carbocycles. The normalized spacial score (nSPS) is 15.6. The van der Waals surface area contributed by atoms with Crippen LogP contribution in [0.1, 0.15) is 32.8 Å². The second-order valence-electron chi connectivity index (χ2n) is 5.95. The maximum Gasteiger partial charge on any atom is 0.124 e. The molecule has 0 bridgehead atoms.